The van der Waals surface area contributed by atoms with E-state index >= 15 is 0 Å². The fraction of sp³-hybridized carbons (Fsp3) is 0.531. The first-order valence-corrected chi connectivity index (χ1v) is 15.4. The van der Waals surface area contributed by atoms with Crippen molar-refractivity contribution in [2.45, 2.75) is 95.9 Å². The maximum absolute atomic E-state index is 14.3. The fourth-order valence-corrected chi connectivity index (χ4v) is 6.25. The summed E-state index contributed by atoms with van der Waals surface area (Å²) in [6, 6.07) is 2.08. The van der Waals surface area contributed by atoms with Crippen molar-refractivity contribution in [3.63, 3.8) is 0 Å². The third-order valence-electron chi connectivity index (χ3n) is 8.90. The fourth-order valence-electron chi connectivity index (χ4n) is 6.25. The van der Waals surface area contributed by atoms with E-state index in [-0.39, 0.29) is 43.2 Å². The largest absolute Gasteiger partial charge is 0.482 e. The first-order valence-electron chi connectivity index (χ1n) is 15.4. The monoisotopic (exact) mass is 628 g/mol. The zero-order chi connectivity index (χ0) is 32.3. The first-order chi connectivity index (χ1) is 21.6. The predicted molar refractivity (Wildman–Crippen MR) is 159 cm³/mol. The molecule has 5 rings (SSSR count). The minimum atomic E-state index is -0.968. The van der Waals surface area contributed by atoms with Gasteiger partial charge in [0.1, 0.15) is 17.2 Å². The Hall–Kier alpha value is -4.29. The van der Waals surface area contributed by atoms with E-state index in [0.717, 1.165) is 31.7 Å². The van der Waals surface area contributed by atoms with Crippen molar-refractivity contribution in [3.05, 3.63) is 63.1 Å². The lowest BCUT2D eigenvalue weighted by Gasteiger charge is -2.41. The second-order valence-corrected chi connectivity index (χ2v) is 11.9. The van der Waals surface area contributed by atoms with E-state index in [1.807, 2.05) is 6.92 Å². The van der Waals surface area contributed by atoms with Crippen LogP contribution in [0.1, 0.15) is 104 Å². The molecular formula is C32H38F2N4O7. The van der Waals surface area contributed by atoms with Crippen LogP contribution in [-0.4, -0.2) is 58.4 Å². The van der Waals surface area contributed by atoms with Crippen LogP contribution in [0, 0.1) is 11.6 Å². The number of nitrogens with one attached hydrogen (secondary N) is 1. The molecule has 3 aliphatic heterocycles. The van der Waals surface area contributed by atoms with Crippen LogP contribution in [0.3, 0.4) is 0 Å². The average molecular weight is 629 g/mol. The number of ether oxygens (including phenoxy) is 2. The quantitative estimate of drug-likeness (QED) is 0.300. The molecule has 1 N–H and O–H groups in total. The van der Waals surface area contributed by atoms with Gasteiger partial charge in [0, 0.05) is 43.4 Å². The van der Waals surface area contributed by atoms with Gasteiger partial charge in [-0.1, -0.05) is 43.8 Å². The third-order valence-corrected chi connectivity index (χ3v) is 8.90. The van der Waals surface area contributed by atoms with Gasteiger partial charge >= 0.3 is 5.97 Å². The van der Waals surface area contributed by atoms with Crippen LogP contribution >= 0.6 is 0 Å². The summed E-state index contributed by atoms with van der Waals surface area (Å²) in [6.07, 6.45) is 7.00. The van der Waals surface area contributed by atoms with Crippen LogP contribution in [0.25, 0.3) is 0 Å². The van der Waals surface area contributed by atoms with Gasteiger partial charge in [-0.15, -0.1) is 0 Å². The lowest BCUT2D eigenvalue weighted by atomic mass is 9.85. The Bertz CT molecular complexity index is 1580. The zero-order valence-electron chi connectivity index (χ0n) is 25.7. The Balaban J connectivity index is 1.55. The Kier molecular flexibility index (Phi) is 9.54. The van der Waals surface area contributed by atoms with E-state index in [2.05, 4.69) is 17.4 Å². The van der Waals surface area contributed by atoms with Crippen LogP contribution in [0.5, 0.6) is 5.75 Å². The van der Waals surface area contributed by atoms with Crippen LogP contribution in [0.15, 0.2) is 34.3 Å². The molecule has 3 atom stereocenters. The molecule has 2 aromatic rings. The summed E-state index contributed by atoms with van der Waals surface area (Å²) >= 11 is 0. The van der Waals surface area contributed by atoms with Crippen molar-refractivity contribution in [2.75, 3.05) is 13.7 Å². The zero-order valence-corrected chi connectivity index (χ0v) is 25.7. The van der Waals surface area contributed by atoms with E-state index < -0.39 is 57.8 Å². The number of amides is 2. The third kappa shape index (κ3) is 6.43. The van der Waals surface area contributed by atoms with E-state index in [1.165, 1.54) is 23.9 Å². The number of carbonyl (C=O) groups excluding carboxylic acids is 3. The summed E-state index contributed by atoms with van der Waals surface area (Å²) in [6.45, 7) is 3.82. The second-order valence-electron chi connectivity index (χ2n) is 11.9. The highest BCUT2D eigenvalue weighted by Gasteiger charge is 2.55. The SMILES string of the molecule is CCCCCCCC(=O)Oc1c2n(cc(C(=O)NCc3ccc(F)cc3F)c1=O)[C@@H]1CN(C2=O)[C@@H](C)CC[C@]12CC(OC)=NO2. The number of methoxy groups -OCH3 is 1. The number of esters is 1. The Morgan fingerprint density at radius 3 is 2.67 bits per heavy atom. The molecule has 4 heterocycles. The van der Waals surface area contributed by atoms with Crippen molar-refractivity contribution in [1.82, 2.24) is 14.8 Å². The molecule has 3 aliphatic rings. The smallest absolute Gasteiger partial charge is 0.311 e. The van der Waals surface area contributed by atoms with Gasteiger partial charge in [0.05, 0.1) is 19.6 Å². The molecule has 13 heteroatoms. The van der Waals surface area contributed by atoms with Gasteiger partial charge in [0.15, 0.2) is 11.3 Å². The number of unbranched alkanes of at least 4 members (excludes halogenated alkanes) is 4. The number of halogens is 2. The van der Waals surface area contributed by atoms with E-state index in [1.54, 1.807) is 4.90 Å². The van der Waals surface area contributed by atoms with Gasteiger partial charge in [-0.2, -0.15) is 0 Å². The molecule has 1 aromatic carbocycles. The van der Waals surface area contributed by atoms with Crippen LogP contribution in [0.2, 0.25) is 0 Å². The number of hydrogen-bond acceptors (Lipinski definition) is 8. The van der Waals surface area contributed by atoms with Crippen LogP contribution in [0.4, 0.5) is 8.78 Å². The summed E-state index contributed by atoms with van der Waals surface area (Å²) in [4.78, 5) is 62.0. The van der Waals surface area contributed by atoms with Crippen molar-refractivity contribution in [3.8, 4) is 5.75 Å². The van der Waals surface area contributed by atoms with E-state index in [4.69, 9.17) is 14.3 Å². The summed E-state index contributed by atoms with van der Waals surface area (Å²) < 4.78 is 40.2. The number of aromatic nitrogens is 1. The summed E-state index contributed by atoms with van der Waals surface area (Å²) in [5.74, 6) is -3.90. The molecule has 1 spiro atoms. The standard InChI is InChI=1S/C32H38F2N4O7/c1-4-5-6-7-8-9-26(39)44-29-27-31(42)37-18-24(32(13-12-19(37)2)15-25(43-3)36-45-32)38(27)17-22(28(29)40)30(41)35-16-20-10-11-21(33)14-23(20)34/h10-11,14,17,19,24H,4-9,12-13,15-16,18H2,1-3H3,(H,35,41)/t19-,24+,32-/m0/s1. The Morgan fingerprint density at radius 1 is 1.18 bits per heavy atom. The lowest BCUT2D eigenvalue weighted by molar-refractivity contribution is -0.134. The highest BCUT2D eigenvalue weighted by Crippen LogP contribution is 2.46. The number of benzene rings is 1. The van der Waals surface area contributed by atoms with Crippen LogP contribution in [-0.2, 0) is 20.9 Å². The molecule has 0 saturated carbocycles. The minimum Gasteiger partial charge on any atom is -0.482 e. The van der Waals surface area contributed by atoms with Crippen molar-refractivity contribution in [1.29, 1.82) is 0 Å². The molecule has 2 bridgehead atoms. The molecule has 0 unspecified atom stereocenters. The summed E-state index contributed by atoms with van der Waals surface area (Å²) in [5.41, 5.74) is -2.48. The number of pyridine rings is 1. The molecule has 11 nitrogen and oxygen atoms in total. The number of carbonyl (C=O) groups is 3. The molecule has 0 radical (unpaired) electrons. The number of nitrogens with zero attached hydrogens (tertiary/aromatic N) is 3. The predicted octanol–water partition coefficient (Wildman–Crippen LogP) is 4.62. The highest BCUT2D eigenvalue weighted by atomic mass is 19.1. The van der Waals surface area contributed by atoms with Crippen molar-refractivity contribution in [2.24, 2.45) is 5.16 Å². The van der Waals surface area contributed by atoms with Crippen molar-refractivity contribution < 1.29 is 37.5 Å². The van der Waals surface area contributed by atoms with E-state index in [0.29, 0.717) is 31.2 Å². The molecule has 1 saturated heterocycles. The maximum atomic E-state index is 14.3. The molecule has 45 heavy (non-hydrogen) atoms. The molecule has 2 amide bonds. The second kappa shape index (κ2) is 13.4. The number of oxime groups is 1. The molecule has 242 valence electrons. The van der Waals surface area contributed by atoms with Gasteiger partial charge in [0.2, 0.25) is 17.1 Å². The van der Waals surface area contributed by atoms with E-state index in [9.17, 15) is 28.0 Å². The molecular weight excluding hydrogens is 590 g/mol. The topological polar surface area (TPSA) is 129 Å². The summed E-state index contributed by atoms with van der Waals surface area (Å²) in [7, 11) is 1.48. The Labute approximate surface area is 259 Å². The number of hydrogen-bond donors (Lipinski definition) is 1. The lowest BCUT2D eigenvalue weighted by Crippen LogP contribution is -2.52. The molecule has 1 aromatic heterocycles. The van der Waals surface area contributed by atoms with Gasteiger partial charge in [0.25, 0.3) is 11.8 Å². The van der Waals surface area contributed by atoms with Crippen molar-refractivity contribution >= 4 is 23.7 Å². The minimum absolute atomic E-state index is 0.00339. The first kappa shape index (κ1) is 32.1. The highest BCUT2D eigenvalue weighted by molar-refractivity contribution is 6.00. The molecule has 1 fully saturated rings. The maximum Gasteiger partial charge on any atom is 0.311 e. The average Bonchev–Trinajstić information content (AvgIpc) is 3.39. The molecule has 0 aliphatic carbocycles. The number of rotatable bonds is 10. The summed E-state index contributed by atoms with van der Waals surface area (Å²) in [5, 5.41) is 6.60. The van der Waals surface area contributed by atoms with Gasteiger partial charge in [-0.05, 0) is 32.3 Å². The number of fused-ring (bicyclic) bond motifs is 5. The van der Waals surface area contributed by atoms with Gasteiger partial charge < -0.3 is 29.1 Å². The Morgan fingerprint density at radius 2 is 1.96 bits per heavy atom. The normalized spacial score (nSPS) is 21.9. The van der Waals surface area contributed by atoms with Crippen LogP contribution < -0.4 is 15.5 Å². The van der Waals surface area contributed by atoms with Gasteiger partial charge in [-0.3, -0.25) is 19.2 Å². The van der Waals surface area contributed by atoms with Gasteiger partial charge in [-0.25, -0.2) is 8.78 Å².